The number of aromatic nitrogens is 2. The fourth-order valence-electron chi connectivity index (χ4n) is 4.09. The van der Waals surface area contributed by atoms with E-state index in [1.807, 2.05) is 19.0 Å². The number of amides is 1. The highest BCUT2D eigenvalue weighted by molar-refractivity contribution is 5.97. The number of carbonyl (C=O) groups excluding carboxylic acids is 2. The third-order valence-corrected chi connectivity index (χ3v) is 5.90. The van der Waals surface area contributed by atoms with E-state index in [1.165, 1.54) is 6.07 Å². The fraction of sp³-hybridized carbons (Fsp3) is 0.500. The van der Waals surface area contributed by atoms with Crippen molar-refractivity contribution in [3.05, 3.63) is 41.7 Å². The number of nitrogens with one attached hydrogen (secondary N) is 1. The van der Waals surface area contributed by atoms with Gasteiger partial charge in [0.05, 0.1) is 12.1 Å². The number of nitrogens with zero attached hydrogens (tertiary/aromatic N) is 4. The number of ether oxygens (including phenoxy) is 1. The summed E-state index contributed by atoms with van der Waals surface area (Å²) < 4.78 is 81.0. The van der Waals surface area contributed by atoms with E-state index in [-0.39, 0.29) is 11.1 Å². The first-order valence-corrected chi connectivity index (χ1v) is 11.9. The van der Waals surface area contributed by atoms with Gasteiger partial charge in [0, 0.05) is 26.2 Å². The molecule has 1 aliphatic rings. The summed E-state index contributed by atoms with van der Waals surface area (Å²) in [5, 5.41) is 3.46. The van der Waals surface area contributed by atoms with Crippen LogP contribution in [-0.2, 0) is 9.63 Å². The Kier molecular flexibility index (Phi) is 9.12. The second-order valence-electron chi connectivity index (χ2n) is 9.20. The van der Waals surface area contributed by atoms with Crippen LogP contribution in [0, 0.1) is 12.8 Å². The first-order chi connectivity index (χ1) is 18.1. The number of hydrogen-bond donors (Lipinski definition) is 1. The molecule has 1 aromatic carbocycles. The van der Waals surface area contributed by atoms with Gasteiger partial charge in [-0.2, -0.15) is 18.2 Å². The molecule has 0 bridgehead atoms. The van der Waals surface area contributed by atoms with Gasteiger partial charge in [-0.05, 0) is 50.7 Å². The summed E-state index contributed by atoms with van der Waals surface area (Å²) >= 11 is 0. The highest BCUT2D eigenvalue weighted by atomic mass is 19.4. The summed E-state index contributed by atoms with van der Waals surface area (Å²) in [6, 6.07) is 5.86. The van der Waals surface area contributed by atoms with Gasteiger partial charge in [0.2, 0.25) is 0 Å². The predicted octanol–water partition coefficient (Wildman–Crippen LogP) is 4.88. The van der Waals surface area contributed by atoms with Crippen LogP contribution in [0.25, 0.3) is 0 Å². The average Bonchev–Trinajstić information content (AvgIpc) is 2.82. The van der Waals surface area contributed by atoms with Crippen molar-refractivity contribution < 1.29 is 45.5 Å². The number of carbonyl (C=O) groups is 2. The fourth-order valence-corrected chi connectivity index (χ4v) is 4.09. The van der Waals surface area contributed by atoms with E-state index in [9.17, 15) is 35.9 Å². The predicted molar refractivity (Wildman–Crippen MR) is 127 cm³/mol. The summed E-state index contributed by atoms with van der Waals surface area (Å²) in [5.41, 5.74) is -0.712. The first kappa shape index (κ1) is 29.8. The Morgan fingerprint density at radius 3 is 2.26 bits per heavy atom. The summed E-state index contributed by atoms with van der Waals surface area (Å²) in [6.07, 6.45) is -8.64. The Balaban J connectivity index is 1.72. The van der Waals surface area contributed by atoms with Gasteiger partial charge < -0.3 is 19.8 Å². The topological polar surface area (TPSA) is 96.9 Å². The molecule has 1 aromatic heterocycles. The van der Waals surface area contributed by atoms with Crippen molar-refractivity contribution in [2.75, 3.05) is 30.9 Å². The van der Waals surface area contributed by atoms with Gasteiger partial charge in [-0.1, -0.05) is 12.1 Å². The summed E-state index contributed by atoms with van der Waals surface area (Å²) in [6.45, 7) is 1.30. The Bertz CT molecular complexity index is 1170. The molecule has 1 N–H and O–H groups in total. The van der Waals surface area contributed by atoms with Crippen molar-refractivity contribution in [1.29, 1.82) is 0 Å². The molecular formula is C24H27F6N5O4. The molecule has 2 aromatic rings. The number of halogens is 6. The van der Waals surface area contributed by atoms with Crippen LogP contribution in [0.2, 0.25) is 0 Å². The Hall–Kier alpha value is -3.78. The molecule has 214 valence electrons. The number of alkyl halides is 6. The monoisotopic (exact) mass is 563 g/mol. The number of hydrogen-bond acceptors (Lipinski definition) is 8. The summed E-state index contributed by atoms with van der Waals surface area (Å²) in [7, 11) is 3.67. The van der Waals surface area contributed by atoms with Gasteiger partial charge in [0.25, 0.3) is 5.91 Å². The smallest absolute Gasteiger partial charge is 0.405 e. The minimum atomic E-state index is -5.43. The van der Waals surface area contributed by atoms with E-state index < -0.39 is 48.2 Å². The minimum absolute atomic E-state index is 0.0339. The van der Waals surface area contributed by atoms with Crippen LogP contribution in [0.4, 0.5) is 38.0 Å². The zero-order valence-corrected chi connectivity index (χ0v) is 21.3. The lowest BCUT2D eigenvalue weighted by Gasteiger charge is -2.32. The molecule has 0 atom stereocenters. The van der Waals surface area contributed by atoms with Crippen molar-refractivity contribution >= 4 is 23.5 Å². The molecule has 1 fully saturated rings. The van der Waals surface area contributed by atoms with Crippen LogP contribution in [-0.4, -0.2) is 66.1 Å². The van der Waals surface area contributed by atoms with E-state index >= 15 is 0 Å². The number of benzene rings is 1. The first-order valence-electron chi connectivity index (χ1n) is 11.9. The lowest BCUT2D eigenvalue weighted by atomic mass is 9.86. The number of anilines is 2. The maximum Gasteiger partial charge on any atom is 0.573 e. The van der Waals surface area contributed by atoms with Crippen LogP contribution >= 0.6 is 0 Å². The molecule has 1 amide bonds. The maximum atomic E-state index is 13.0. The van der Waals surface area contributed by atoms with Gasteiger partial charge in [-0.25, -0.2) is 14.8 Å². The van der Waals surface area contributed by atoms with E-state index in [4.69, 9.17) is 0 Å². The van der Waals surface area contributed by atoms with Crippen LogP contribution in [0.1, 0.15) is 41.9 Å². The van der Waals surface area contributed by atoms with Crippen LogP contribution in [0.3, 0.4) is 0 Å². The quantitative estimate of drug-likeness (QED) is 0.376. The zero-order chi connectivity index (χ0) is 29.0. The molecule has 39 heavy (non-hydrogen) atoms. The van der Waals surface area contributed by atoms with E-state index in [2.05, 4.69) is 24.9 Å². The number of aryl methyl sites for hydroxylation is 1. The lowest BCUT2D eigenvalue weighted by Crippen LogP contribution is -2.42. The van der Waals surface area contributed by atoms with Crippen molar-refractivity contribution in [2.45, 2.75) is 51.2 Å². The van der Waals surface area contributed by atoms with Gasteiger partial charge in [0.15, 0.2) is 0 Å². The van der Waals surface area contributed by atoms with Gasteiger partial charge in [-0.3, -0.25) is 4.79 Å². The lowest BCUT2D eigenvalue weighted by molar-refractivity contribution is -0.274. The summed E-state index contributed by atoms with van der Waals surface area (Å²) in [4.78, 5) is 39.4. The van der Waals surface area contributed by atoms with Crippen molar-refractivity contribution in [1.82, 2.24) is 15.0 Å². The number of hydroxylamine groups is 2. The molecule has 0 spiro atoms. The van der Waals surface area contributed by atoms with Crippen molar-refractivity contribution in [3.8, 4) is 5.75 Å². The Morgan fingerprint density at radius 1 is 1.03 bits per heavy atom. The van der Waals surface area contributed by atoms with Gasteiger partial charge in [-0.15, -0.1) is 13.2 Å². The third kappa shape index (κ3) is 8.61. The summed E-state index contributed by atoms with van der Waals surface area (Å²) in [5.74, 6) is -3.51. The molecule has 9 nitrogen and oxygen atoms in total. The Labute approximate surface area is 220 Å². The standard InChI is InChI=1S/C24H27F6N5O4/c1-14-31-19(12-20(32-14)34(2)3)33-16-10-8-15(9-11-16)13-35(39-22(37)23(25,26)27)21(36)17-6-4-5-7-18(17)38-24(28,29)30/h4-7,12,15-16H,8-11,13H2,1-3H3,(H,31,32,33). The van der Waals surface area contributed by atoms with E-state index in [0.717, 1.165) is 18.2 Å². The molecule has 0 saturated heterocycles. The van der Waals surface area contributed by atoms with Crippen LogP contribution in [0.15, 0.2) is 30.3 Å². The number of rotatable bonds is 7. The normalized spacial score (nSPS) is 17.8. The van der Waals surface area contributed by atoms with Crippen LogP contribution < -0.4 is 15.0 Å². The molecule has 0 aliphatic heterocycles. The van der Waals surface area contributed by atoms with Crippen molar-refractivity contribution in [2.24, 2.45) is 5.92 Å². The SMILES string of the molecule is Cc1nc(NC2CCC(CN(OC(=O)C(F)(F)F)C(=O)c3ccccc3OC(F)(F)F)CC2)cc(N(C)C)n1. The molecule has 1 heterocycles. The second kappa shape index (κ2) is 11.9. The molecular weight excluding hydrogens is 536 g/mol. The van der Waals surface area contributed by atoms with Gasteiger partial charge >= 0.3 is 18.5 Å². The Morgan fingerprint density at radius 2 is 1.67 bits per heavy atom. The largest absolute Gasteiger partial charge is 0.573 e. The minimum Gasteiger partial charge on any atom is -0.405 e. The molecule has 0 unspecified atom stereocenters. The molecule has 0 radical (unpaired) electrons. The second-order valence-corrected chi connectivity index (χ2v) is 9.20. The average molecular weight is 563 g/mol. The molecule has 15 heteroatoms. The zero-order valence-electron chi connectivity index (χ0n) is 21.3. The van der Waals surface area contributed by atoms with Gasteiger partial charge in [0.1, 0.15) is 23.2 Å². The molecule has 1 saturated carbocycles. The van der Waals surface area contributed by atoms with E-state index in [0.29, 0.717) is 43.1 Å². The molecule has 3 rings (SSSR count). The molecule has 1 aliphatic carbocycles. The highest BCUT2D eigenvalue weighted by Gasteiger charge is 2.44. The van der Waals surface area contributed by atoms with Crippen molar-refractivity contribution in [3.63, 3.8) is 0 Å². The van der Waals surface area contributed by atoms with Crippen LogP contribution in [0.5, 0.6) is 5.75 Å². The highest BCUT2D eigenvalue weighted by Crippen LogP contribution is 2.31. The maximum absolute atomic E-state index is 13.0. The van der Waals surface area contributed by atoms with E-state index in [1.54, 1.807) is 13.0 Å². The number of para-hydroxylation sites is 1. The third-order valence-electron chi connectivity index (χ3n) is 5.90.